The Bertz CT molecular complexity index is 1130. The first-order valence-corrected chi connectivity index (χ1v) is 12.4. The van der Waals surface area contributed by atoms with Crippen molar-refractivity contribution in [3.63, 3.8) is 0 Å². The number of rotatable bonds is 9. The third-order valence-corrected chi connectivity index (χ3v) is 6.77. The van der Waals surface area contributed by atoms with Crippen molar-refractivity contribution in [3.8, 4) is 0 Å². The molecule has 1 N–H and O–H groups in total. The van der Waals surface area contributed by atoms with E-state index in [4.69, 9.17) is 21.7 Å². The van der Waals surface area contributed by atoms with Crippen molar-refractivity contribution in [3.05, 3.63) is 45.2 Å². The van der Waals surface area contributed by atoms with Crippen LogP contribution in [-0.4, -0.2) is 63.0 Å². The third-order valence-electron chi connectivity index (χ3n) is 5.39. The molecule has 33 heavy (non-hydrogen) atoms. The molecule has 1 amide bonds. The first kappa shape index (κ1) is 23.9. The zero-order valence-electron chi connectivity index (χ0n) is 18.8. The van der Waals surface area contributed by atoms with Crippen LogP contribution < -0.4 is 10.9 Å². The maximum absolute atomic E-state index is 13.3. The van der Waals surface area contributed by atoms with Gasteiger partial charge in [-0.25, -0.2) is 4.98 Å². The van der Waals surface area contributed by atoms with Crippen LogP contribution in [0.5, 0.6) is 0 Å². The SMILES string of the molecule is CC(C)OCCCNc1nc2ccccn2c(=O)c1C=C1SC(=S)N(CC2CCCO2)C1=O. The van der Waals surface area contributed by atoms with Crippen molar-refractivity contribution in [2.45, 2.75) is 45.3 Å². The van der Waals surface area contributed by atoms with Crippen molar-refractivity contribution in [2.75, 3.05) is 31.6 Å². The van der Waals surface area contributed by atoms with Crippen LogP contribution in [0, 0.1) is 0 Å². The van der Waals surface area contributed by atoms with E-state index in [-0.39, 0.29) is 23.7 Å². The lowest BCUT2D eigenvalue weighted by Gasteiger charge is -2.18. The summed E-state index contributed by atoms with van der Waals surface area (Å²) < 4.78 is 13.2. The molecule has 0 aliphatic carbocycles. The second-order valence-corrected chi connectivity index (χ2v) is 9.91. The highest BCUT2D eigenvalue weighted by Gasteiger charge is 2.35. The quantitative estimate of drug-likeness (QED) is 0.327. The molecule has 10 heteroatoms. The van der Waals surface area contributed by atoms with Crippen LogP contribution in [0.15, 0.2) is 34.1 Å². The van der Waals surface area contributed by atoms with Gasteiger partial charge >= 0.3 is 0 Å². The summed E-state index contributed by atoms with van der Waals surface area (Å²) in [6.07, 6.45) is 6.12. The molecule has 1 unspecified atom stereocenters. The molecule has 8 nitrogen and oxygen atoms in total. The highest BCUT2D eigenvalue weighted by Crippen LogP contribution is 2.34. The summed E-state index contributed by atoms with van der Waals surface area (Å²) >= 11 is 6.66. The number of aromatic nitrogens is 2. The number of ether oxygens (including phenoxy) is 2. The van der Waals surface area contributed by atoms with Crippen LogP contribution in [0.4, 0.5) is 5.82 Å². The molecule has 2 aromatic heterocycles. The number of hydrogen-bond acceptors (Lipinski definition) is 8. The predicted octanol–water partition coefficient (Wildman–Crippen LogP) is 3.30. The van der Waals surface area contributed by atoms with Gasteiger partial charge in [-0.3, -0.25) is 18.9 Å². The molecule has 0 spiro atoms. The minimum Gasteiger partial charge on any atom is -0.379 e. The average Bonchev–Trinajstić information content (AvgIpc) is 3.40. The lowest BCUT2D eigenvalue weighted by molar-refractivity contribution is -0.123. The Morgan fingerprint density at radius 1 is 1.39 bits per heavy atom. The Labute approximate surface area is 202 Å². The fourth-order valence-electron chi connectivity index (χ4n) is 3.75. The van der Waals surface area contributed by atoms with Crippen LogP contribution in [0.3, 0.4) is 0 Å². The van der Waals surface area contributed by atoms with Gasteiger partial charge < -0.3 is 14.8 Å². The summed E-state index contributed by atoms with van der Waals surface area (Å²) in [6, 6.07) is 5.38. The summed E-state index contributed by atoms with van der Waals surface area (Å²) in [5.74, 6) is 0.245. The summed E-state index contributed by atoms with van der Waals surface area (Å²) in [5, 5.41) is 3.25. The van der Waals surface area contributed by atoms with Gasteiger partial charge in [-0.05, 0) is 51.3 Å². The van der Waals surface area contributed by atoms with Crippen molar-refractivity contribution >= 4 is 51.7 Å². The van der Waals surface area contributed by atoms with Crippen LogP contribution in [0.2, 0.25) is 0 Å². The smallest absolute Gasteiger partial charge is 0.267 e. The highest BCUT2D eigenvalue weighted by molar-refractivity contribution is 8.26. The van der Waals surface area contributed by atoms with E-state index in [1.54, 1.807) is 29.3 Å². The van der Waals surface area contributed by atoms with Crippen molar-refractivity contribution < 1.29 is 14.3 Å². The fraction of sp³-hybridized carbons (Fsp3) is 0.478. The molecule has 2 fully saturated rings. The molecular weight excluding hydrogens is 460 g/mol. The number of hydrogen-bond donors (Lipinski definition) is 1. The molecule has 2 aliphatic heterocycles. The van der Waals surface area contributed by atoms with Crippen LogP contribution in [-0.2, 0) is 14.3 Å². The zero-order valence-corrected chi connectivity index (χ0v) is 20.4. The normalized spacial score (nSPS) is 20.0. The lowest BCUT2D eigenvalue weighted by Crippen LogP contribution is -2.35. The molecule has 2 aliphatic rings. The Hall–Kier alpha value is -2.27. The predicted molar refractivity (Wildman–Crippen MR) is 135 cm³/mol. The maximum Gasteiger partial charge on any atom is 0.267 e. The summed E-state index contributed by atoms with van der Waals surface area (Å²) in [5.41, 5.74) is 0.624. The van der Waals surface area contributed by atoms with E-state index in [1.807, 2.05) is 19.9 Å². The zero-order chi connectivity index (χ0) is 23.4. The molecule has 2 aromatic rings. The van der Waals surface area contributed by atoms with E-state index in [2.05, 4.69) is 10.3 Å². The number of thioether (sulfide) groups is 1. The van der Waals surface area contributed by atoms with Crippen molar-refractivity contribution in [1.82, 2.24) is 14.3 Å². The van der Waals surface area contributed by atoms with Gasteiger partial charge in [0.1, 0.15) is 15.8 Å². The Morgan fingerprint density at radius 2 is 2.24 bits per heavy atom. The largest absolute Gasteiger partial charge is 0.379 e. The molecular formula is C23H28N4O4S2. The molecule has 2 saturated heterocycles. The average molecular weight is 489 g/mol. The van der Waals surface area contributed by atoms with Crippen molar-refractivity contribution in [1.29, 1.82) is 0 Å². The van der Waals surface area contributed by atoms with E-state index in [0.29, 0.717) is 52.6 Å². The van der Waals surface area contributed by atoms with Gasteiger partial charge in [0.05, 0.1) is 29.2 Å². The number of nitrogens with zero attached hydrogens (tertiary/aromatic N) is 3. The number of amides is 1. The highest BCUT2D eigenvalue weighted by atomic mass is 32.2. The molecule has 0 saturated carbocycles. The maximum atomic E-state index is 13.3. The Balaban J connectivity index is 1.60. The van der Waals surface area contributed by atoms with E-state index in [9.17, 15) is 9.59 Å². The molecule has 4 heterocycles. The number of fused-ring (bicyclic) bond motifs is 1. The number of nitrogens with one attached hydrogen (secondary N) is 1. The molecule has 0 radical (unpaired) electrons. The lowest BCUT2D eigenvalue weighted by atomic mass is 10.2. The fourth-order valence-corrected chi connectivity index (χ4v) is 5.00. The van der Waals surface area contributed by atoms with E-state index < -0.39 is 0 Å². The van der Waals surface area contributed by atoms with Gasteiger partial charge in [-0.2, -0.15) is 0 Å². The van der Waals surface area contributed by atoms with Gasteiger partial charge in [0.25, 0.3) is 11.5 Å². The van der Waals surface area contributed by atoms with E-state index >= 15 is 0 Å². The monoisotopic (exact) mass is 488 g/mol. The van der Waals surface area contributed by atoms with Gasteiger partial charge in [-0.15, -0.1) is 0 Å². The summed E-state index contributed by atoms with van der Waals surface area (Å²) in [4.78, 5) is 33.0. The topological polar surface area (TPSA) is 85.2 Å². The number of anilines is 1. The minimum atomic E-state index is -0.245. The van der Waals surface area contributed by atoms with Crippen molar-refractivity contribution in [2.24, 2.45) is 0 Å². The minimum absolute atomic E-state index is 0.00472. The van der Waals surface area contributed by atoms with Gasteiger partial charge in [0, 0.05) is 26.0 Å². The number of pyridine rings is 1. The first-order valence-electron chi connectivity index (χ1n) is 11.2. The second-order valence-electron chi connectivity index (χ2n) is 8.24. The van der Waals surface area contributed by atoms with Gasteiger partial charge in [0.2, 0.25) is 0 Å². The Kier molecular flexibility index (Phi) is 7.79. The summed E-state index contributed by atoms with van der Waals surface area (Å²) in [6.45, 7) is 6.33. The third kappa shape index (κ3) is 5.63. The van der Waals surface area contributed by atoms with Crippen LogP contribution >= 0.6 is 24.0 Å². The molecule has 176 valence electrons. The standard InChI is InChI=1S/C23H28N4O4S2/c1-15(2)30-12-6-9-24-20-17(21(28)26-10-4-3-8-19(26)25-20)13-18-22(29)27(23(32)33-18)14-16-7-5-11-31-16/h3-4,8,10,13,15-16,24H,5-7,9,11-12,14H2,1-2H3. The molecule has 4 rings (SSSR count). The summed E-state index contributed by atoms with van der Waals surface area (Å²) in [7, 11) is 0. The van der Waals surface area contributed by atoms with Gasteiger partial charge in [-0.1, -0.05) is 30.0 Å². The van der Waals surface area contributed by atoms with Crippen LogP contribution in [0.25, 0.3) is 11.7 Å². The number of thiocarbonyl (C=S) groups is 1. The molecule has 0 bridgehead atoms. The Morgan fingerprint density at radius 3 is 3.00 bits per heavy atom. The van der Waals surface area contributed by atoms with E-state index in [1.165, 1.54) is 16.2 Å². The number of carbonyl (C=O) groups excluding carboxylic acids is 1. The second kappa shape index (κ2) is 10.8. The van der Waals surface area contributed by atoms with E-state index in [0.717, 1.165) is 19.3 Å². The molecule has 0 aromatic carbocycles. The molecule has 1 atom stereocenters. The first-order chi connectivity index (χ1) is 15.9. The van der Waals surface area contributed by atoms with Gasteiger partial charge in [0.15, 0.2) is 0 Å². The van der Waals surface area contributed by atoms with Crippen LogP contribution in [0.1, 0.15) is 38.7 Å². The number of carbonyl (C=O) groups is 1.